The van der Waals surface area contributed by atoms with E-state index in [-0.39, 0.29) is 24.1 Å². The van der Waals surface area contributed by atoms with Crippen LogP contribution in [0.25, 0.3) is 11.3 Å². The lowest BCUT2D eigenvalue weighted by Crippen LogP contribution is -2.41. The van der Waals surface area contributed by atoms with Gasteiger partial charge in [-0.3, -0.25) is 25.1 Å². The SMILES string of the molecule is Cc1cnc(NC(=O)CN2CCOCC2)nc1-c1cccc([N+](=O)[O-])c1. The number of rotatable bonds is 5. The molecule has 1 amide bonds. The molecule has 1 aromatic heterocycles. The van der Waals surface area contributed by atoms with Crippen LogP contribution >= 0.6 is 0 Å². The monoisotopic (exact) mass is 357 g/mol. The molecule has 0 saturated carbocycles. The Labute approximate surface area is 150 Å². The number of non-ortho nitro benzene ring substituents is 1. The van der Waals surface area contributed by atoms with Crippen LogP contribution in [0.5, 0.6) is 0 Å². The van der Waals surface area contributed by atoms with E-state index in [2.05, 4.69) is 15.3 Å². The van der Waals surface area contributed by atoms with Crippen LogP contribution in [0.1, 0.15) is 5.56 Å². The van der Waals surface area contributed by atoms with Crippen LogP contribution in [-0.2, 0) is 9.53 Å². The van der Waals surface area contributed by atoms with Gasteiger partial charge in [0.1, 0.15) is 0 Å². The third-order valence-corrected chi connectivity index (χ3v) is 4.02. The van der Waals surface area contributed by atoms with E-state index < -0.39 is 4.92 Å². The summed E-state index contributed by atoms with van der Waals surface area (Å²) in [6.45, 7) is 4.71. The number of nitro groups is 1. The molecule has 1 saturated heterocycles. The van der Waals surface area contributed by atoms with Crippen LogP contribution < -0.4 is 5.32 Å². The first-order valence-corrected chi connectivity index (χ1v) is 8.21. The van der Waals surface area contributed by atoms with Crippen LogP contribution in [0.3, 0.4) is 0 Å². The molecule has 0 unspecified atom stereocenters. The van der Waals surface area contributed by atoms with Crippen molar-refractivity contribution in [2.45, 2.75) is 6.92 Å². The molecule has 0 aliphatic carbocycles. The Hall–Kier alpha value is -2.91. The second-order valence-corrected chi connectivity index (χ2v) is 5.97. The number of benzene rings is 1. The van der Waals surface area contributed by atoms with Gasteiger partial charge in [0, 0.05) is 37.0 Å². The van der Waals surface area contributed by atoms with Crippen molar-refractivity contribution in [2.24, 2.45) is 0 Å². The Bertz CT molecular complexity index is 821. The first-order chi connectivity index (χ1) is 12.5. The van der Waals surface area contributed by atoms with Crippen molar-refractivity contribution in [1.82, 2.24) is 14.9 Å². The van der Waals surface area contributed by atoms with E-state index in [1.165, 1.54) is 12.1 Å². The van der Waals surface area contributed by atoms with E-state index in [9.17, 15) is 14.9 Å². The molecule has 0 bridgehead atoms. The molecule has 0 radical (unpaired) electrons. The third-order valence-electron chi connectivity index (χ3n) is 4.02. The van der Waals surface area contributed by atoms with Gasteiger partial charge in [-0.15, -0.1) is 0 Å². The second kappa shape index (κ2) is 7.98. The minimum absolute atomic E-state index is 0.0154. The molecule has 0 spiro atoms. The van der Waals surface area contributed by atoms with Gasteiger partial charge in [0.2, 0.25) is 11.9 Å². The van der Waals surface area contributed by atoms with Gasteiger partial charge in [-0.25, -0.2) is 9.97 Å². The van der Waals surface area contributed by atoms with Gasteiger partial charge < -0.3 is 4.74 Å². The summed E-state index contributed by atoms with van der Waals surface area (Å²) in [5.74, 6) is -0.0314. The normalized spacial score (nSPS) is 14.8. The zero-order chi connectivity index (χ0) is 18.5. The summed E-state index contributed by atoms with van der Waals surface area (Å²) >= 11 is 0. The number of nitrogens with zero attached hydrogens (tertiary/aromatic N) is 4. The lowest BCUT2D eigenvalue weighted by Gasteiger charge is -2.25. The molecule has 9 nitrogen and oxygen atoms in total. The fourth-order valence-electron chi connectivity index (χ4n) is 2.69. The van der Waals surface area contributed by atoms with Crippen molar-refractivity contribution in [2.75, 3.05) is 38.2 Å². The predicted octanol–water partition coefficient (Wildman–Crippen LogP) is 1.63. The number of nitro benzene ring substituents is 1. The highest BCUT2D eigenvalue weighted by molar-refractivity contribution is 5.90. The summed E-state index contributed by atoms with van der Waals surface area (Å²) in [5, 5.41) is 13.7. The molecule has 1 aromatic carbocycles. The summed E-state index contributed by atoms with van der Waals surface area (Å²) in [6.07, 6.45) is 1.59. The van der Waals surface area contributed by atoms with Crippen molar-refractivity contribution in [3.05, 3.63) is 46.1 Å². The number of hydrogen-bond donors (Lipinski definition) is 1. The maximum Gasteiger partial charge on any atom is 0.270 e. The summed E-state index contributed by atoms with van der Waals surface area (Å²) < 4.78 is 5.26. The number of carbonyl (C=O) groups is 1. The Balaban J connectivity index is 1.76. The van der Waals surface area contributed by atoms with Gasteiger partial charge in [-0.2, -0.15) is 0 Å². The van der Waals surface area contributed by atoms with Crippen molar-refractivity contribution in [3.8, 4) is 11.3 Å². The van der Waals surface area contributed by atoms with Gasteiger partial charge >= 0.3 is 0 Å². The van der Waals surface area contributed by atoms with Crippen molar-refractivity contribution in [3.63, 3.8) is 0 Å². The number of ether oxygens (including phenoxy) is 1. The van der Waals surface area contributed by atoms with Crippen molar-refractivity contribution >= 4 is 17.5 Å². The number of hydrogen-bond acceptors (Lipinski definition) is 7. The Morgan fingerprint density at radius 2 is 2.15 bits per heavy atom. The number of nitrogens with one attached hydrogen (secondary N) is 1. The maximum atomic E-state index is 12.2. The summed E-state index contributed by atoms with van der Waals surface area (Å²) in [5.41, 5.74) is 1.89. The third kappa shape index (κ3) is 4.38. The van der Waals surface area contributed by atoms with E-state index in [0.717, 1.165) is 5.56 Å². The minimum Gasteiger partial charge on any atom is -0.379 e. The van der Waals surface area contributed by atoms with E-state index in [1.54, 1.807) is 18.3 Å². The molecular formula is C17H19N5O4. The zero-order valence-electron chi connectivity index (χ0n) is 14.3. The average Bonchev–Trinajstić information content (AvgIpc) is 2.64. The molecule has 1 N–H and O–H groups in total. The highest BCUT2D eigenvalue weighted by Crippen LogP contribution is 2.25. The summed E-state index contributed by atoms with van der Waals surface area (Å²) in [4.78, 5) is 33.2. The van der Waals surface area contributed by atoms with Gasteiger partial charge in [-0.05, 0) is 12.5 Å². The van der Waals surface area contributed by atoms with Gasteiger partial charge in [0.05, 0.1) is 30.4 Å². The van der Waals surface area contributed by atoms with E-state index in [1.807, 2.05) is 11.8 Å². The molecule has 26 heavy (non-hydrogen) atoms. The molecule has 0 atom stereocenters. The molecule has 2 heterocycles. The standard InChI is InChI=1S/C17H19N5O4/c1-12-10-18-17(19-15(23)11-21-5-7-26-8-6-21)20-16(12)13-3-2-4-14(9-13)22(24)25/h2-4,9-10H,5-8,11H2,1H3,(H,18,19,20,23). The smallest absolute Gasteiger partial charge is 0.270 e. The lowest BCUT2D eigenvalue weighted by molar-refractivity contribution is -0.384. The lowest BCUT2D eigenvalue weighted by atomic mass is 10.1. The number of morpholine rings is 1. The first kappa shape index (κ1) is 17.9. The number of amides is 1. The first-order valence-electron chi connectivity index (χ1n) is 8.21. The highest BCUT2D eigenvalue weighted by atomic mass is 16.6. The fourth-order valence-corrected chi connectivity index (χ4v) is 2.69. The highest BCUT2D eigenvalue weighted by Gasteiger charge is 2.16. The zero-order valence-corrected chi connectivity index (χ0v) is 14.3. The molecular weight excluding hydrogens is 338 g/mol. The van der Waals surface area contributed by atoms with E-state index in [0.29, 0.717) is 37.6 Å². The molecule has 9 heteroatoms. The van der Waals surface area contributed by atoms with Crippen LogP contribution in [0.2, 0.25) is 0 Å². The number of carbonyl (C=O) groups excluding carboxylic acids is 1. The summed E-state index contributed by atoms with van der Waals surface area (Å²) in [6, 6.07) is 6.22. The number of aryl methyl sites for hydroxylation is 1. The van der Waals surface area contributed by atoms with Crippen molar-refractivity contribution in [1.29, 1.82) is 0 Å². The number of aromatic nitrogens is 2. The largest absolute Gasteiger partial charge is 0.379 e. The van der Waals surface area contributed by atoms with E-state index >= 15 is 0 Å². The minimum atomic E-state index is -0.453. The average molecular weight is 357 g/mol. The van der Waals surface area contributed by atoms with Gasteiger partial charge in [0.25, 0.3) is 5.69 Å². The molecule has 3 rings (SSSR count). The fraction of sp³-hybridized carbons (Fsp3) is 0.353. The summed E-state index contributed by atoms with van der Waals surface area (Å²) in [7, 11) is 0. The molecule has 1 aliphatic heterocycles. The molecule has 1 fully saturated rings. The quantitative estimate of drug-likeness (QED) is 0.639. The van der Waals surface area contributed by atoms with Crippen LogP contribution in [0, 0.1) is 17.0 Å². The van der Waals surface area contributed by atoms with Crippen LogP contribution in [0.4, 0.5) is 11.6 Å². The topological polar surface area (TPSA) is 110 Å². The predicted molar refractivity (Wildman–Crippen MR) is 94.7 cm³/mol. The molecule has 136 valence electrons. The number of anilines is 1. The Morgan fingerprint density at radius 1 is 1.38 bits per heavy atom. The molecule has 2 aromatic rings. The van der Waals surface area contributed by atoms with Gasteiger partial charge in [-0.1, -0.05) is 12.1 Å². The van der Waals surface area contributed by atoms with Gasteiger partial charge in [0.15, 0.2) is 0 Å². The maximum absolute atomic E-state index is 12.2. The Morgan fingerprint density at radius 3 is 2.88 bits per heavy atom. The van der Waals surface area contributed by atoms with Crippen LogP contribution in [-0.4, -0.2) is 58.5 Å². The molecule has 1 aliphatic rings. The second-order valence-electron chi connectivity index (χ2n) is 5.97. The van der Waals surface area contributed by atoms with E-state index in [4.69, 9.17) is 4.74 Å². The van der Waals surface area contributed by atoms with Crippen molar-refractivity contribution < 1.29 is 14.5 Å². The van der Waals surface area contributed by atoms with Crippen LogP contribution in [0.15, 0.2) is 30.5 Å². The Kier molecular flexibility index (Phi) is 5.49.